The SMILES string of the molecule is CC(C)=CCN(CC=C(C)C)CCC(C)(C#N)c1cccc2ccccc12. The molecule has 0 heterocycles. The molecule has 27 heavy (non-hydrogen) atoms. The van der Waals surface area contributed by atoms with E-state index in [-0.39, 0.29) is 0 Å². The number of allylic oxidation sites excluding steroid dienone is 2. The smallest absolute Gasteiger partial charge is 0.0812 e. The Kier molecular flexibility index (Phi) is 7.39. The molecule has 2 aromatic carbocycles. The Morgan fingerprint density at radius 3 is 2.15 bits per heavy atom. The summed E-state index contributed by atoms with van der Waals surface area (Å²) in [7, 11) is 0. The van der Waals surface area contributed by atoms with Crippen molar-refractivity contribution in [3.8, 4) is 6.07 Å². The summed E-state index contributed by atoms with van der Waals surface area (Å²) in [6.07, 6.45) is 5.34. The second kappa shape index (κ2) is 9.53. The first-order valence-electron chi connectivity index (χ1n) is 9.74. The van der Waals surface area contributed by atoms with Gasteiger partial charge in [0.05, 0.1) is 11.5 Å². The predicted octanol–water partition coefficient (Wildman–Crippen LogP) is 6.25. The van der Waals surface area contributed by atoms with Gasteiger partial charge in [0.2, 0.25) is 0 Å². The molecule has 2 heteroatoms. The number of nitriles is 1. The van der Waals surface area contributed by atoms with Gasteiger partial charge in [-0.3, -0.25) is 4.90 Å². The fourth-order valence-corrected chi connectivity index (χ4v) is 3.22. The Bertz CT molecular complexity index is 836. The molecule has 2 rings (SSSR count). The fourth-order valence-electron chi connectivity index (χ4n) is 3.22. The highest BCUT2D eigenvalue weighted by Gasteiger charge is 2.28. The summed E-state index contributed by atoms with van der Waals surface area (Å²) >= 11 is 0. The highest BCUT2D eigenvalue weighted by Crippen LogP contribution is 2.33. The Hall–Kier alpha value is -2.37. The van der Waals surface area contributed by atoms with E-state index in [1.54, 1.807) is 0 Å². The molecule has 1 unspecified atom stereocenters. The van der Waals surface area contributed by atoms with Gasteiger partial charge in [-0.05, 0) is 57.4 Å². The van der Waals surface area contributed by atoms with Crippen molar-refractivity contribution in [3.05, 3.63) is 71.3 Å². The van der Waals surface area contributed by atoms with E-state index in [2.05, 4.69) is 100 Å². The predicted molar refractivity (Wildman–Crippen MR) is 117 cm³/mol. The monoisotopic (exact) mass is 360 g/mol. The van der Waals surface area contributed by atoms with Crippen molar-refractivity contribution in [1.29, 1.82) is 5.26 Å². The number of hydrogen-bond donors (Lipinski definition) is 0. The molecule has 0 aliphatic heterocycles. The van der Waals surface area contributed by atoms with E-state index in [1.807, 2.05) is 0 Å². The van der Waals surface area contributed by atoms with Crippen LogP contribution in [0, 0.1) is 11.3 Å². The van der Waals surface area contributed by atoms with Gasteiger partial charge in [-0.25, -0.2) is 0 Å². The fraction of sp³-hybridized carbons (Fsp3) is 0.400. The molecule has 142 valence electrons. The summed E-state index contributed by atoms with van der Waals surface area (Å²) in [4.78, 5) is 2.42. The van der Waals surface area contributed by atoms with Gasteiger partial charge >= 0.3 is 0 Å². The average Bonchev–Trinajstić information content (AvgIpc) is 2.66. The van der Waals surface area contributed by atoms with E-state index in [4.69, 9.17) is 0 Å². The maximum Gasteiger partial charge on any atom is 0.0812 e. The van der Waals surface area contributed by atoms with Crippen molar-refractivity contribution in [2.24, 2.45) is 0 Å². The first-order valence-corrected chi connectivity index (χ1v) is 9.74. The zero-order valence-electron chi connectivity index (χ0n) is 17.4. The minimum Gasteiger partial charge on any atom is -0.296 e. The first-order chi connectivity index (χ1) is 12.9. The maximum atomic E-state index is 10.1. The second-order valence-electron chi connectivity index (χ2n) is 8.04. The number of benzene rings is 2. The van der Waals surface area contributed by atoms with Crippen LogP contribution in [-0.2, 0) is 5.41 Å². The summed E-state index contributed by atoms with van der Waals surface area (Å²) in [5.74, 6) is 0. The van der Waals surface area contributed by atoms with E-state index >= 15 is 0 Å². The summed E-state index contributed by atoms with van der Waals surface area (Å²) in [5.41, 5.74) is 3.28. The highest BCUT2D eigenvalue weighted by molar-refractivity contribution is 5.87. The minimum absolute atomic E-state index is 0.505. The van der Waals surface area contributed by atoms with E-state index < -0.39 is 5.41 Å². The van der Waals surface area contributed by atoms with Crippen molar-refractivity contribution in [2.45, 2.75) is 46.5 Å². The zero-order chi connectivity index (χ0) is 19.9. The summed E-state index contributed by atoms with van der Waals surface area (Å²) in [6.45, 7) is 13.3. The van der Waals surface area contributed by atoms with E-state index in [9.17, 15) is 5.26 Å². The van der Waals surface area contributed by atoms with Crippen LogP contribution in [0.4, 0.5) is 0 Å². The van der Waals surface area contributed by atoms with Gasteiger partial charge in [0.15, 0.2) is 0 Å². The highest BCUT2D eigenvalue weighted by atomic mass is 15.1. The molecule has 0 aromatic heterocycles. The van der Waals surface area contributed by atoms with Crippen LogP contribution in [0.15, 0.2) is 65.8 Å². The Labute approximate surface area is 164 Å². The minimum atomic E-state index is -0.505. The van der Waals surface area contributed by atoms with Gasteiger partial charge in [-0.15, -0.1) is 0 Å². The van der Waals surface area contributed by atoms with Crippen LogP contribution < -0.4 is 0 Å². The lowest BCUT2D eigenvalue weighted by Crippen LogP contribution is -2.31. The third-order valence-electron chi connectivity index (χ3n) is 5.07. The molecule has 0 saturated heterocycles. The van der Waals surface area contributed by atoms with Crippen molar-refractivity contribution in [2.75, 3.05) is 19.6 Å². The van der Waals surface area contributed by atoms with Gasteiger partial charge in [0, 0.05) is 19.6 Å². The quantitative estimate of drug-likeness (QED) is 0.521. The molecule has 0 aliphatic rings. The first kappa shape index (κ1) is 20.9. The molecular formula is C25H32N2. The molecule has 0 bridgehead atoms. The normalized spacial score (nSPS) is 13.1. The van der Waals surface area contributed by atoms with Gasteiger partial charge in [0.25, 0.3) is 0 Å². The van der Waals surface area contributed by atoms with Crippen LogP contribution in [0.1, 0.15) is 46.6 Å². The summed E-state index contributed by atoms with van der Waals surface area (Å²) in [6, 6.07) is 17.3. The largest absolute Gasteiger partial charge is 0.296 e. The van der Waals surface area contributed by atoms with E-state index in [0.717, 1.165) is 31.6 Å². The number of nitrogens with zero attached hydrogens (tertiary/aromatic N) is 2. The van der Waals surface area contributed by atoms with Crippen LogP contribution in [-0.4, -0.2) is 24.5 Å². The molecule has 0 amide bonds. The third-order valence-corrected chi connectivity index (χ3v) is 5.07. The molecule has 0 radical (unpaired) electrons. The standard InChI is InChI=1S/C25H32N2/c1-20(2)13-16-27(17-14-21(3)4)18-15-25(5,19-26)24-12-8-10-22-9-6-7-11-23(22)24/h6-14H,15-18H2,1-5H3. The topological polar surface area (TPSA) is 27.0 Å². The van der Waals surface area contributed by atoms with Crippen LogP contribution in [0.2, 0.25) is 0 Å². The van der Waals surface area contributed by atoms with Gasteiger partial charge in [-0.2, -0.15) is 5.26 Å². The Morgan fingerprint density at radius 2 is 1.56 bits per heavy atom. The van der Waals surface area contributed by atoms with Crippen molar-refractivity contribution >= 4 is 10.8 Å². The lowest BCUT2D eigenvalue weighted by atomic mass is 9.78. The van der Waals surface area contributed by atoms with Crippen molar-refractivity contribution in [3.63, 3.8) is 0 Å². The Balaban J connectivity index is 2.25. The lowest BCUT2D eigenvalue weighted by molar-refractivity contribution is 0.306. The molecule has 2 nitrogen and oxygen atoms in total. The molecule has 1 atom stereocenters. The zero-order valence-corrected chi connectivity index (χ0v) is 17.4. The van der Waals surface area contributed by atoms with Crippen molar-refractivity contribution < 1.29 is 0 Å². The molecular weight excluding hydrogens is 328 g/mol. The molecule has 2 aromatic rings. The van der Waals surface area contributed by atoms with E-state index in [1.165, 1.54) is 21.9 Å². The molecule has 0 saturated carbocycles. The van der Waals surface area contributed by atoms with Crippen LogP contribution in [0.25, 0.3) is 10.8 Å². The Morgan fingerprint density at radius 1 is 0.963 bits per heavy atom. The summed E-state index contributed by atoms with van der Waals surface area (Å²) in [5, 5.41) is 12.4. The lowest BCUT2D eigenvalue weighted by Gasteiger charge is -2.28. The van der Waals surface area contributed by atoms with Gasteiger partial charge in [-0.1, -0.05) is 65.8 Å². The third kappa shape index (κ3) is 5.81. The van der Waals surface area contributed by atoms with Gasteiger partial charge < -0.3 is 0 Å². The van der Waals surface area contributed by atoms with Gasteiger partial charge in [0.1, 0.15) is 0 Å². The van der Waals surface area contributed by atoms with Crippen LogP contribution in [0.5, 0.6) is 0 Å². The summed E-state index contributed by atoms with van der Waals surface area (Å²) < 4.78 is 0. The number of fused-ring (bicyclic) bond motifs is 1. The average molecular weight is 361 g/mol. The second-order valence-corrected chi connectivity index (χ2v) is 8.04. The molecule has 0 spiro atoms. The van der Waals surface area contributed by atoms with Crippen molar-refractivity contribution in [1.82, 2.24) is 4.90 Å². The van der Waals surface area contributed by atoms with Crippen LogP contribution >= 0.6 is 0 Å². The molecule has 0 aliphatic carbocycles. The number of rotatable bonds is 8. The maximum absolute atomic E-state index is 10.1. The van der Waals surface area contributed by atoms with Crippen LogP contribution in [0.3, 0.4) is 0 Å². The molecule has 0 fully saturated rings. The molecule has 0 N–H and O–H groups in total. The van der Waals surface area contributed by atoms with E-state index in [0.29, 0.717) is 0 Å². The number of hydrogen-bond acceptors (Lipinski definition) is 2.